The van der Waals surface area contributed by atoms with Gasteiger partial charge in [0.05, 0.1) is 0 Å². The van der Waals surface area contributed by atoms with Gasteiger partial charge < -0.3 is 0 Å². The van der Waals surface area contributed by atoms with Crippen LogP contribution in [-0.2, 0) is 0 Å². The minimum atomic E-state index is 0. The van der Waals surface area contributed by atoms with Gasteiger partial charge in [0.25, 0.3) is 0 Å². The van der Waals surface area contributed by atoms with Gasteiger partial charge in [-0.15, -0.1) is 0 Å². The van der Waals surface area contributed by atoms with E-state index in [1.165, 1.54) is 0 Å². The standard InChI is InChI=1S/H2N3.Pb.2H/c1-3-2;;;/h1-2H;;;/q+1;;;. The Morgan fingerprint density at radius 2 is 1.25 bits per heavy atom. The third-order valence-electron chi connectivity index (χ3n) is 0. The van der Waals surface area contributed by atoms with Crippen molar-refractivity contribution in [3.05, 3.63) is 0 Å². The molecular weight excluding hydrogens is 249 g/mol. The Morgan fingerprint density at radius 3 is 1.25 bits per heavy atom. The normalized spacial score (nSPS) is 2.00. The zero-order valence-electron chi connectivity index (χ0n) is 2.15. The second kappa shape index (κ2) is 10.6. The van der Waals surface area contributed by atoms with Crippen LogP contribution in [0.3, 0.4) is 0 Å². The zero-order valence-corrected chi connectivity index (χ0v) is 7.65. The van der Waals surface area contributed by atoms with Gasteiger partial charge in [0, 0.05) is 0 Å². The summed E-state index contributed by atoms with van der Waals surface area (Å²) in [5, 5.41) is 0. The molecule has 0 atom stereocenters. The van der Waals surface area contributed by atoms with E-state index < -0.39 is 0 Å². The quantitative estimate of drug-likeness (QED) is 0.322. The van der Waals surface area contributed by atoms with E-state index in [-0.39, 0.29) is 27.3 Å². The van der Waals surface area contributed by atoms with Crippen molar-refractivity contribution in [1.82, 2.24) is 4.91 Å². The maximum absolute atomic E-state index is 5.50. The van der Waals surface area contributed by atoms with Crippen LogP contribution in [0.2, 0.25) is 0 Å². The van der Waals surface area contributed by atoms with Crippen LogP contribution in [0.5, 0.6) is 0 Å². The summed E-state index contributed by atoms with van der Waals surface area (Å²) in [6, 6.07) is 0. The van der Waals surface area contributed by atoms with E-state index in [2.05, 4.69) is 0 Å². The van der Waals surface area contributed by atoms with Gasteiger partial charge in [-0.3, -0.25) is 0 Å². The topological polar surface area (TPSA) is 61.8 Å². The van der Waals surface area contributed by atoms with Crippen LogP contribution in [0.15, 0.2) is 0 Å². The van der Waals surface area contributed by atoms with E-state index in [1.54, 1.807) is 0 Å². The summed E-state index contributed by atoms with van der Waals surface area (Å²) in [6.07, 6.45) is 0. The molecule has 0 aliphatic rings. The van der Waals surface area contributed by atoms with E-state index in [0.717, 1.165) is 0 Å². The average Bonchev–Trinajstić information content (AvgIpc) is 0.918. The molecule has 2 N–H and O–H groups in total. The Hall–Kier alpha value is 0.232. The molecule has 0 unspecified atom stereocenters. The predicted molar refractivity (Wildman–Crippen MR) is 16.1 cm³/mol. The molecule has 0 rings (SSSR count). The molecule has 0 heterocycles. The van der Waals surface area contributed by atoms with Crippen molar-refractivity contribution in [3.8, 4) is 0 Å². The fourth-order valence-electron chi connectivity index (χ4n) is 0. The molecule has 0 saturated heterocycles. The first-order chi connectivity index (χ1) is 1.41. The second-order valence-electron chi connectivity index (χ2n) is 0.112. The summed E-state index contributed by atoms with van der Waals surface area (Å²) in [4.78, 5) is 2.00. The molecule has 0 amide bonds. The van der Waals surface area contributed by atoms with Crippen molar-refractivity contribution in [3.63, 3.8) is 0 Å². The van der Waals surface area contributed by atoms with Crippen LogP contribution in [0, 0.1) is 11.1 Å². The molecule has 4 heavy (non-hydrogen) atoms. The zero-order chi connectivity index (χ0) is 2.71. The molecule has 0 aliphatic carbocycles. The molecule has 4 heteroatoms. The minimum absolute atomic E-state index is 0. The molecule has 3 nitrogen and oxygen atoms in total. The third-order valence-corrected chi connectivity index (χ3v) is 0. The van der Waals surface area contributed by atoms with Crippen LogP contribution < -0.4 is 4.91 Å². The van der Waals surface area contributed by atoms with Gasteiger partial charge in [-0.2, -0.15) is 0 Å². The number of hydrogen-bond acceptors (Lipinski definition) is 2. The number of rotatable bonds is 0. The molecular formula is H4N3Pb+. The van der Waals surface area contributed by atoms with Crippen molar-refractivity contribution in [2.45, 2.75) is 0 Å². The van der Waals surface area contributed by atoms with Crippen LogP contribution in [-0.4, -0.2) is 27.3 Å². The number of nitrogens with zero attached hydrogens (tertiary/aromatic N) is 1. The summed E-state index contributed by atoms with van der Waals surface area (Å²) < 4.78 is 0. The van der Waals surface area contributed by atoms with Gasteiger partial charge in [-0.25, -0.2) is 0 Å². The molecule has 0 aromatic heterocycles. The van der Waals surface area contributed by atoms with Crippen molar-refractivity contribution >= 4 is 27.3 Å². The maximum atomic E-state index is 5.50. The molecule has 0 spiro atoms. The van der Waals surface area contributed by atoms with E-state index >= 15 is 0 Å². The monoisotopic (exact) mass is 254 g/mol. The number of nitrogens with one attached hydrogen (secondary N) is 2. The fraction of sp³-hybridized carbons (Fsp3) is 0. The van der Waals surface area contributed by atoms with Gasteiger partial charge in [0.1, 0.15) is 11.1 Å². The van der Waals surface area contributed by atoms with Crippen LogP contribution >= 0.6 is 0 Å². The summed E-state index contributed by atoms with van der Waals surface area (Å²) in [5.41, 5.74) is 11.0. The van der Waals surface area contributed by atoms with Crippen molar-refractivity contribution < 1.29 is 0 Å². The fourth-order valence-corrected chi connectivity index (χ4v) is 0. The molecule has 0 aromatic rings. The van der Waals surface area contributed by atoms with Crippen molar-refractivity contribution in [1.29, 1.82) is 11.1 Å². The van der Waals surface area contributed by atoms with Gasteiger partial charge in [0.2, 0.25) is 4.91 Å². The Labute approximate surface area is 43.6 Å². The summed E-state index contributed by atoms with van der Waals surface area (Å²) >= 11 is 0. The summed E-state index contributed by atoms with van der Waals surface area (Å²) in [6.45, 7) is 0. The first-order valence-electron chi connectivity index (χ1n) is 0.447. The van der Waals surface area contributed by atoms with E-state index in [1.807, 2.05) is 4.91 Å². The van der Waals surface area contributed by atoms with Gasteiger partial charge in [0.15, 0.2) is 0 Å². The summed E-state index contributed by atoms with van der Waals surface area (Å²) in [5.74, 6) is 0. The van der Waals surface area contributed by atoms with E-state index in [0.29, 0.717) is 0 Å². The molecule has 2 radical (unpaired) electrons. The average molecular weight is 253 g/mol. The van der Waals surface area contributed by atoms with Gasteiger partial charge in [-0.1, -0.05) is 0 Å². The Kier molecular flexibility index (Phi) is 23.5. The summed E-state index contributed by atoms with van der Waals surface area (Å²) in [7, 11) is 0. The van der Waals surface area contributed by atoms with E-state index in [9.17, 15) is 0 Å². The first-order valence-corrected chi connectivity index (χ1v) is 0.447. The van der Waals surface area contributed by atoms with Crippen LogP contribution in [0.4, 0.5) is 0 Å². The van der Waals surface area contributed by atoms with Gasteiger partial charge >= 0.3 is 27.3 Å². The SMILES string of the molecule is N=[N+]=N.[PbH2]. The third kappa shape index (κ3) is 62.9. The molecule has 0 saturated carbocycles. The van der Waals surface area contributed by atoms with Crippen LogP contribution in [0.1, 0.15) is 0 Å². The molecule has 22 valence electrons. The van der Waals surface area contributed by atoms with E-state index in [4.69, 9.17) is 11.1 Å². The Bertz CT molecular complexity index is 24.3. The molecule has 0 aromatic carbocycles. The predicted octanol–water partition coefficient (Wildman–Crippen LogP) is -0.801. The Morgan fingerprint density at radius 1 is 1.25 bits per heavy atom. The first kappa shape index (κ1) is 8.87. The second-order valence-corrected chi connectivity index (χ2v) is 0.112. The Balaban J connectivity index is 0. The van der Waals surface area contributed by atoms with Crippen molar-refractivity contribution in [2.24, 2.45) is 0 Å². The molecule has 0 aliphatic heterocycles. The van der Waals surface area contributed by atoms with Crippen LogP contribution in [0.25, 0.3) is 0 Å². The number of hydrogen-bond donors (Lipinski definition) is 2. The van der Waals surface area contributed by atoms with Crippen molar-refractivity contribution in [2.75, 3.05) is 0 Å². The molecule has 0 bridgehead atoms. The molecule has 0 fully saturated rings. The van der Waals surface area contributed by atoms with Gasteiger partial charge in [-0.05, 0) is 0 Å².